The van der Waals surface area contributed by atoms with Gasteiger partial charge in [-0.25, -0.2) is 8.42 Å². The molecule has 1 heterocycles. The molecule has 0 fully saturated rings. The van der Waals surface area contributed by atoms with E-state index in [1.54, 1.807) is 12.1 Å². The van der Waals surface area contributed by atoms with Gasteiger partial charge >= 0.3 is 0 Å². The van der Waals surface area contributed by atoms with E-state index in [-0.39, 0.29) is 34.6 Å². The maximum absolute atomic E-state index is 12.5. The normalized spacial score (nSPS) is 13.6. The fraction of sp³-hybridized carbons (Fsp3) is 0.222. The molecule has 0 atom stereocenters. The van der Waals surface area contributed by atoms with Crippen molar-refractivity contribution >= 4 is 39.1 Å². The second kappa shape index (κ2) is 7.92. The number of nitrogens with one attached hydrogen (secondary N) is 2. The van der Waals surface area contributed by atoms with E-state index in [0.717, 1.165) is 10.5 Å². The highest BCUT2D eigenvalue weighted by Crippen LogP contribution is 2.33. The van der Waals surface area contributed by atoms with E-state index < -0.39 is 9.84 Å². The number of hydrogen-bond donors (Lipinski definition) is 2. The monoisotopic (exact) mass is 390 g/mol. The van der Waals surface area contributed by atoms with Crippen molar-refractivity contribution in [3.8, 4) is 0 Å². The SMILES string of the molecule is O=C(CCS(=O)(=O)c1ccc2c(c1)SCC(=O)N2)NCc1ccccc1. The summed E-state index contributed by atoms with van der Waals surface area (Å²) in [5, 5.41) is 5.43. The van der Waals surface area contributed by atoms with Crippen molar-refractivity contribution in [3.63, 3.8) is 0 Å². The van der Waals surface area contributed by atoms with E-state index in [4.69, 9.17) is 0 Å². The Bertz CT molecular complexity index is 927. The predicted octanol–water partition coefficient (Wildman–Crippen LogP) is 2.21. The maximum Gasteiger partial charge on any atom is 0.234 e. The Morgan fingerprint density at radius 2 is 1.92 bits per heavy atom. The van der Waals surface area contributed by atoms with Gasteiger partial charge in [0.2, 0.25) is 11.8 Å². The number of benzene rings is 2. The van der Waals surface area contributed by atoms with E-state index >= 15 is 0 Å². The molecule has 2 amide bonds. The van der Waals surface area contributed by atoms with E-state index in [2.05, 4.69) is 10.6 Å². The number of anilines is 1. The lowest BCUT2D eigenvalue weighted by Crippen LogP contribution is -2.25. The van der Waals surface area contributed by atoms with Crippen molar-refractivity contribution in [1.29, 1.82) is 0 Å². The summed E-state index contributed by atoms with van der Waals surface area (Å²) in [6.45, 7) is 0.370. The molecule has 0 unspecified atom stereocenters. The van der Waals surface area contributed by atoms with Crippen LogP contribution in [0.1, 0.15) is 12.0 Å². The minimum Gasteiger partial charge on any atom is -0.352 e. The maximum atomic E-state index is 12.5. The molecule has 0 aromatic heterocycles. The molecule has 1 aliphatic rings. The minimum absolute atomic E-state index is 0.101. The summed E-state index contributed by atoms with van der Waals surface area (Å²) in [6, 6.07) is 14.0. The fourth-order valence-electron chi connectivity index (χ4n) is 2.48. The molecular formula is C18H18N2O4S2. The number of fused-ring (bicyclic) bond motifs is 1. The van der Waals surface area contributed by atoms with Crippen LogP contribution in [0.3, 0.4) is 0 Å². The molecule has 8 heteroatoms. The summed E-state index contributed by atoms with van der Waals surface area (Å²) in [5.41, 5.74) is 1.57. The summed E-state index contributed by atoms with van der Waals surface area (Å²) < 4.78 is 25.0. The molecule has 0 bridgehead atoms. The van der Waals surface area contributed by atoms with E-state index in [9.17, 15) is 18.0 Å². The molecule has 26 heavy (non-hydrogen) atoms. The second-order valence-electron chi connectivity index (χ2n) is 5.83. The third kappa shape index (κ3) is 4.64. The Balaban J connectivity index is 1.58. The fourth-order valence-corrected chi connectivity index (χ4v) is 4.66. The number of amides is 2. The summed E-state index contributed by atoms with van der Waals surface area (Å²) >= 11 is 1.30. The van der Waals surface area contributed by atoms with E-state index in [1.165, 1.54) is 17.8 Å². The Labute approximate surface area is 156 Å². The molecular weight excluding hydrogens is 372 g/mol. The molecule has 0 saturated heterocycles. The smallest absolute Gasteiger partial charge is 0.234 e. The molecule has 0 aliphatic carbocycles. The molecule has 0 spiro atoms. The zero-order chi connectivity index (χ0) is 18.6. The predicted molar refractivity (Wildman–Crippen MR) is 101 cm³/mol. The molecule has 0 radical (unpaired) electrons. The Morgan fingerprint density at radius 3 is 2.69 bits per heavy atom. The van der Waals surface area contributed by atoms with Gasteiger partial charge in [-0.05, 0) is 23.8 Å². The van der Waals surface area contributed by atoms with Crippen molar-refractivity contribution in [3.05, 3.63) is 54.1 Å². The van der Waals surface area contributed by atoms with Gasteiger partial charge in [0.1, 0.15) is 0 Å². The van der Waals surface area contributed by atoms with Crippen LogP contribution in [-0.2, 0) is 26.0 Å². The van der Waals surface area contributed by atoms with Crippen molar-refractivity contribution in [2.24, 2.45) is 0 Å². The summed E-state index contributed by atoms with van der Waals surface area (Å²) in [7, 11) is -3.57. The van der Waals surface area contributed by atoms with Gasteiger partial charge in [0, 0.05) is 17.9 Å². The first kappa shape index (κ1) is 18.5. The highest BCUT2D eigenvalue weighted by atomic mass is 32.2. The quantitative estimate of drug-likeness (QED) is 0.789. The van der Waals surface area contributed by atoms with Gasteiger partial charge in [-0.3, -0.25) is 9.59 Å². The Morgan fingerprint density at radius 1 is 1.15 bits per heavy atom. The molecule has 0 saturated carbocycles. The van der Waals surface area contributed by atoms with E-state index in [1.807, 2.05) is 30.3 Å². The molecule has 2 aromatic carbocycles. The highest BCUT2D eigenvalue weighted by Gasteiger charge is 2.21. The number of hydrogen-bond acceptors (Lipinski definition) is 5. The van der Waals surface area contributed by atoms with Crippen LogP contribution >= 0.6 is 11.8 Å². The Kier molecular flexibility index (Phi) is 5.63. The summed E-state index contributed by atoms with van der Waals surface area (Å²) in [4.78, 5) is 24.2. The molecule has 136 valence electrons. The zero-order valence-electron chi connectivity index (χ0n) is 13.9. The minimum atomic E-state index is -3.57. The van der Waals surface area contributed by atoms with E-state index in [0.29, 0.717) is 12.2 Å². The lowest BCUT2D eigenvalue weighted by molar-refractivity contribution is -0.120. The lowest BCUT2D eigenvalue weighted by atomic mass is 10.2. The molecule has 2 N–H and O–H groups in total. The van der Waals surface area contributed by atoms with Crippen LogP contribution in [0.2, 0.25) is 0 Å². The van der Waals surface area contributed by atoms with Crippen LogP contribution in [0, 0.1) is 0 Å². The van der Waals surface area contributed by atoms with Crippen LogP contribution in [0.25, 0.3) is 0 Å². The summed E-state index contributed by atoms with van der Waals surface area (Å²) in [5.74, 6) is -0.410. The van der Waals surface area contributed by atoms with Crippen LogP contribution in [0.15, 0.2) is 58.3 Å². The van der Waals surface area contributed by atoms with Crippen LogP contribution in [0.5, 0.6) is 0 Å². The van der Waals surface area contributed by atoms with Gasteiger partial charge in [-0.2, -0.15) is 0 Å². The van der Waals surface area contributed by atoms with Gasteiger partial charge in [-0.15, -0.1) is 11.8 Å². The molecule has 3 rings (SSSR count). The standard InChI is InChI=1S/C18H18N2O4S2/c21-17(19-11-13-4-2-1-3-5-13)8-9-26(23,24)14-6-7-15-16(10-14)25-12-18(22)20-15/h1-7,10H,8-9,11-12H2,(H,19,21)(H,20,22). The topological polar surface area (TPSA) is 92.3 Å². The average molecular weight is 390 g/mol. The van der Waals surface area contributed by atoms with Crippen molar-refractivity contribution < 1.29 is 18.0 Å². The van der Waals surface area contributed by atoms with Crippen LogP contribution in [-0.4, -0.2) is 31.7 Å². The number of rotatable bonds is 6. The highest BCUT2D eigenvalue weighted by molar-refractivity contribution is 8.00. The second-order valence-corrected chi connectivity index (χ2v) is 8.95. The average Bonchev–Trinajstić information content (AvgIpc) is 2.65. The first-order chi connectivity index (χ1) is 12.4. The first-order valence-electron chi connectivity index (χ1n) is 8.04. The van der Waals surface area contributed by atoms with Gasteiger partial charge < -0.3 is 10.6 Å². The molecule has 6 nitrogen and oxygen atoms in total. The number of thioether (sulfide) groups is 1. The largest absolute Gasteiger partial charge is 0.352 e. The summed E-state index contributed by atoms with van der Waals surface area (Å²) in [6.07, 6.45) is -0.101. The van der Waals surface area contributed by atoms with Gasteiger partial charge in [-0.1, -0.05) is 30.3 Å². The van der Waals surface area contributed by atoms with Gasteiger partial charge in [0.15, 0.2) is 9.84 Å². The van der Waals surface area contributed by atoms with Gasteiger partial charge in [0.25, 0.3) is 0 Å². The Hall–Kier alpha value is -2.32. The van der Waals surface area contributed by atoms with Crippen molar-refractivity contribution in [1.82, 2.24) is 5.32 Å². The molecule has 2 aromatic rings. The third-order valence-electron chi connectivity index (χ3n) is 3.88. The van der Waals surface area contributed by atoms with Gasteiger partial charge in [0.05, 0.1) is 22.1 Å². The number of sulfone groups is 1. The number of carbonyl (C=O) groups is 2. The zero-order valence-corrected chi connectivity index (χ0v) is 15.5. The van der Waals surface area contributed by atoms with Crippen LogP contribution < -0.4 is 10.6 Å². The lowest BCUT2D eigenvalue weighted by Gasteiger charge is -2.17. The first-order valence-corrected chi connectivity index (χ1v) is 10.7. The van der Waals surface area contributed by atoms with Crippen molar-refractivity contribution in [2.75, 3.05) is 16.8 Å². The molecule has 1 aliphatic heterocycles. The van der Waals surface area contributed by atoms with Crippen molar-refractivity contribution in [2.45, 2.75) is 22.8 Å². The number of carbonyl (C=O) groups excluding carboxylic acids is 2. The van der Waals surface area contributed by atoms with Crippen LogP contribution in [0.4, 0.5) is 5.69 Å². The third-order valence-corrected chi connectivity index (χ3v) is 6.64.